The molecule has 2 aromatic carbocycles. The van der Waals surface area contributed by atoms with Gasteiger partial charge in [0.1, 0.15) is 0 Å². The van der Waals surface area contributed by atoms with Crippen LogP contribution >= 0.6 is 35.0 Å². The van der Waals surface area contributed by atoms with Crippen LogP contribution in [0, 0.1) is 0 Å². The number of thioether (sulfide) groups is 1. The smallest absolute Gasteiger partial charge is 0.283 e. The highest BCUT2D eigenvalue weighted by Crippen LogP contribution is 2.45. The maximum Gasteiger partial charge on any atom is 0.287 e. The molecule has 3 heterocycles. The van der Waals surface area contributed by atoms with Crippen molar-refractivity contribution in [1.29, 1.82) is 0 Å². The molecular formula is C22H20Cl2N4OS. The number of nitrogens with one attached hydrogen (secondary N) is 1. The second kappa shape index (κ2) is 8.27. The summed E-state index contributed by atoms with van der Waals surface area (Å²) in [6.07, 6.45) is 3.39. The summed E-state index contributed by atoms with van der Waals surface area (Å²) in [4.78, 5) is 14.1. The van der Waals surface area contributed by atoms with Gasteiger partial charge >= 0.3 is 0 Å². The lowest BCUT2D eigenvalue weighted by atomic mass is 10.0. The molecular weight excluding hydrogens is 439 g/mol. The molecule has 1 aromatic heterocycles. The van der Waals surface area contributed by atoms with Crippen molar-refractivity contribution in [2.45, 2.75) is 29.9 Å². The maximum atomic E-state index is 13.2. The third kappa shape index (κ3) is 3.62. The predicted octanol–water partition coefficient (Wildman–Crippen LogP) is 5.58. The first-order chi connectivity index (χ1) is 14.6. The minimum Gasteiger partial charge on any atom is -0.283 e. The molecule has 0 saturated carbocycles. The van der Waals surface area contributed by atoms with Gasteiger partial charge in [0, 0.05) is 29.4 Å². The fraction of sp³-hybridized carbons (Fsp3) is 0.273. The molecule has 2 aliphatic heterocycles. The van der Waals surface area contributed by atoms with E-state index in [1.807, 2.05) is 23.2 Å². The van der Waals surface area contributed by atoms with Crippen LogP contribution in [0.2, 0.25) is 10.0 Å². The van der Waals surface area contributed by atoms with E-state index in [0.717, 1.165) is 47.8 Å². The minimum atomic E-state index is -0.177. The highest BCUT2D eigenvalue weighted by Gasteiger charge is 2.30. The normalized spacial score (nSPS) is 16.1. The zero-order chi connectivity index (χ0) is 20.7. The van der Waals surface area contributed by atoms with Gasteiger partial charge in [-0.25, -0.2) is 9.69 Å². The number of fused-ring (bicyclic) bond motifs is 3. The molecule has 0 spiro atoms. The number of rotatable bonds is 3. The Balaban J connectivity index is 1.63. The molecule has 1 N–H and O–H groups in total. The number of hydrazine groups is 1. The fourth-order valence-corrected chi connectivity index (χ4v) is 5.63. The molecule has 3 aromatic rings. The average molecular weight is 459 g/mol. The Morgan fingerprint density at radius 1 is 1.07 bits per heavy atom. The van der Waals surface area contributed by atoms with Gasteiger partial charge in [-0.1, -0.05) is 53.9 Å². The molecule has 8 heteroatoms. The Kier molecular flexibility index (Phi) is 5.50. The fourth-order valence-electron chi connectivity index (χ4n) is 3.98. The van der Waals surface area contributed by atoms with Crippen LogP contribution in [-0.2, 0) is 5.75 Å². The summed E-state index contributed by atoms with van der Waals surface area (Å²) in [6.45, 7) is 1.74. The molecule has 0 aliphatic carbocycles. The molecule has 1 fully saturated rings. The molecule has 0 atom stereocenters. The van der Waals surface area contributed by atoms with E-state index in [9.17, 15) is 4.79 Å². The van der Waals surface area contributed by atoms with Crippen molar-refractivity contribution in [2.75, 3.05) is 13.1 Å². The van der Waals surface area contributed by atoms with Crippen LogP contribution in [0.5, 0.6) is 0 Å². The number of carbonyl (C=O) groups excluding carboxylic acids is 1. The van der Waals surface area contributed by atoms with E-state index in [1.165, 1.54) is 12.0 Å². The Bertz CT molecular complexity index is 1120. The number of nitrogens with zero attached hydrogens (tertiary/aromatic N) is 3. The Morgan fingerprint density at radius 2 is 1.87 bits per heavy atom. The first kappa shape index (κ1) is 19.9. The monoisotopic (exact) mass is 458 g/mol. The van der Waals surface area contributed by atoms with Gasteiger partial charge in [0.15, 0.2) is 5.69 Å². The summed E-state index contributed by atoms with van der Waals surface area (Å²) in [7, 11) is 0. The van der Waals surface area contributed by atoms with Crippen LogP contribution in [0.25, 0.3) is 16.9 Å². The molecule has 1 amide bonds. The van der Waals surface area contributed by atoms with Gasteiger partial charge in [-0.15, -0.1) is 11.8 Å². The van der Waals surface area contributed by atoms with E-state index < -0.39 is 0 Å². The van der Waals surface area contributed by atoms with Gasteiger partial charge in [-0.05, 0) is 36.6 Å². The number of hydrogen-bond donors (Lipinski definition) is 1. The van der Waals surface area contributed by atoms with Crippen LogP contribution in [0.1, 0.15) is 35.3 Å². The summed E-state index contributed by atoms with van der Waals surface area (Å²) in [5.41, 5.74) is 7.36. The number of amides is 1. The molecule has 0 unspecified atom stereocenters. The van der Waals surface area contributed by atoms with Gasteiger partial charge in [-0.3, -0.25) is 10.2 Å². The lowest BCUT2D eigenvalue weighted by Crippen LogP contribution is -2.45. The molecule has 30 heavy (non-hydrogen) atoms. The van der Waals surface area contributed by atoms with Crippen molar-refractivity contribution in [3.63, 3.8) is 0 Å². The summed E-state index contributed by atoms with van der Waals surface area (Å²) < 4.78 is 1.78. The molecule has 1 saturated heterocycles. The summed E-state index contributed by atoms with van der Waals surface area (Å²) >= 11 is 14.3. The van der Waals surface area contributed by atoms with Gasteiger partial charge in [0.05, 0.1) is 21.3 Å². The van der Waals surface area contributed by atoms with Crippen LogP contribution in [0.3, 0.4) is 0 Å². The first-order valence-corrected chi connectivity index (χ1v) is 11.7. The zero-order valence-corrected chi connectivity index (χ0v) is 18.5. The summed E-state index contributed by atoms with van der Waals surface area (Å²) in [6, 6.07) is 13.5. The molecule has 154 valence electrons. The third-order valence-electron chi connectivity index (χ3n) is 5.46. The van der Waals surface area contributed by atoms with E-state index >= 15 is 0 Å². The number of carbonyl (C=O) groups is 1. The van der Waals surface area contributed by atoms with Crippen LogP contribution in [0.4, 0.5) is 0 Å². The van der Waals surface area contributed by atoms with E-state index in [1.54, 1.807) is 28.6 Å². The number of benzene rings is 2. The first-order valence-electron chi connectivity index (χ1n) is 9.97. The third-order valence-corrected chi connectivity index (χ3v) is 7.12. The number of aromatic nitrogens is 2. The summed E-state index contributed by atoms with van der Waals surface area (Å²) in [5.74, 6) is 0.622. The predicted molar refractivity (Wildman–Crippen MR) is 121 cm³/mol. The Labute approximate surface area is 189 Å². The number of halogens is 2. The minimum absolute atomic E-state index is 0.177. The van der Waals surface area contributed by atoms with Gasteiger partial charge < -0.3 is 0 Å². The zero-order valence-electron chi connectivity index (χ0n) is 16.2. The lowest BCUT2D eigenvalue weighted by Gasteiger charge is -2.26. The van der Waals surface area contributed by atoms with Crippen LogP contribution in [0.15, 0.2) is 47.4 Å². The van der Waals surface area contributed by atoms with Crippen LogP contribution in [-0.4, -0.2) is 33.8 Å². The van der Waals surface area contributed by atoms with Crippen molar-refractivity contribution in [2.24, 2.45) is 0 Å². The second-order valence-electron chi connectivity index (χ2n) is 7.47. The van der Waals surface area contributed by atoms with E-state index in [-0.39, 0.29) is 5.91 Å². The van der Waals surface area contributed by atoms with Crippen LogP contribution < -0.4 is 5.43 Å². The number of piperidine rings is 1. The highest BCUT2D eigenvalue weighted by molar-refractivity contribution is 7.98. The Hall–Kier alpha value is -1.99. The average Bonchev–Trinajstić information content (AvgIpc) is 3.14. The Morgan fingerprint density at radius 3 is 2.67 bits per heavy atom. The second-order valence-corrected chi connectivity index (χ2v) is 9.30. The SMILES string of the molecule is O=C(NN1CCCCC1)c1nn(-c2ccc(Cl)cc2Cl)c2c1SCc1ccccc1-2. The molecule has 0 radical (unpaired) electrons. The quantitative estimate of drug-likeness (QED) is 0.556. The van der Waals surface area contributed by atoms with Gasteiger partial charge in [0.25, 0.3) is 5.91 Å². The molecule has 0 bridgehead atoms. The lowest BCUT2D eigenvalue weighted by molar-refractivity contribution is 0.0741. The molecule has 2 aliphatic rings. The van der Waals surface area contributed by atoms with E-state index in [0.29, 0.717) is 21.4 Å². The van der Waals surface area contributed by atoms with Crippen molar-refractivity contribution < 1.29 is 4.79 Å². The number of hydrogen-bond acceptors (Lipinski definition) is 4. The van der Waals surface area contributed by atoms with Crippen molar-refractivity contribution in [3.05, 3.63) is 63.8 Å². The van der Waals surface area contributed by atoms with Crippen molar-refractivity contribution in [3.8, 4) is 16.9 Å². The van der Waals surface area contributed by atoms with E-state index in [4.69, 9.17) is 28.3 Å². The molecule has 5 rings (SSSR count). The maximum absolute atomic E-state index is 13.2. The topological polar surface area (TPSA) is 50.2 Å². The molecule has 5 nitrogen and oxygen atoms in total. The van der Waals surface area contributed by atoms with Crippen molar-refractivity contribution >= 4 is 40.9 Å². The summed E-state index contributed by atoms with van der Waals surface area (Å²) in [5, 5.41) is 7.79. The largest absolute Gasteiger partial charge is 0.287 e. The highest BCUT2D eigenvalue weighted by atomic mass is 35.5. The standard InChI is InChI=1S/C22H20Cl2N4OS/c23-15-8-9-18(17(24)12-15)28-20-16-7-3-2-6-14(16)13-30-21(20)19(25-28)22(29)26-27-10-4-1-5-11-27/h2-3,6-9,12H,1,4-5,10-11,13H2,(H,26,29). The van der Waals surface area contributed by atoms with Gasteiger partial charge in [0.2, 0.25) is 0 Å². The van der Waals surface area contributed by atoms with Gasteiger partial charge in [-0.2, -0.15) is 5.10 Å². The van der Waals surface area contributed by atoms with E-state index in [2.05, 4.69) is 17.6 Å². The van der Waals surface area contributed by atoms with Crippen molar-refractivity contribution in [1.82, 2.24) is 20.2 Å².